The van der Waals surface area contributed by atoms with Crippen molar-refractivity contribution in [2.45, 2.75) is 6.42 Å². The molecule has 0 fully saturated rings. The first-order chi connectivity index (χ1) is 5.70. The minimum absolute atomic E-state index is 0.0200. The van der Waals surface area contributed by atoms with Gasteiger partial charge in [-0.3, -0.25) is 10.1 Å². The summed E-state index contributed by atoms with van der Waals surface area (Å²) in [6, 6.07) is 8.79. The maximum absolute atomic E-state index is 10.0. The van der Waals surface area contributed by atoms with E-state index in [-0.39, 0.29) is 6.42 Å². The van der Waals surface area contributed by atoms with Gasteiger partial charge in [-0.2, -0.15) is 0 Å². The smallest absolute Gasteiger partial charge is 0.322 e. The van der Waals surface area contributed by atoms with Crippen LogP contribution in [-0.2, 0) is 6.42 Å². The molecule has 0 heterocycles. The number of hydrogen-bond donors (Lipinski definition) is 1. The molecule has 0 amide bonds. The van der Waals surface area contributed by atoms with Crippen molar-refractivity contribution in [3.05, 3.63) is 52.2 Å². The molecule has 0 aliphatic carbocycles. The lowest BCUT2D eigenvalue weighted by Crippen LogP contribution is -2.11. The van der Waals surface area contributed by atoms with Crippen molar-refractivity contribution in [3.63, 3.8) is 0 Å². The highest BCUT2D eigenvalue weighted by molar-refractivity contribution is 5.16. The SMILES string of the molecule is O=[N+]([O-])[C](O)Cc1ccccc1. The summed E-state index contributed by atoms with van der Waals surface area (Å²) in [6.45, 7) is 0. The molecule has 0 saturated heterocycles. The third kappa shape index (κ3) is 2.32. The van der Waals surface area contributed by atoms with Crippen LogP contribution in [-0.4, -0.2) is 10.0 Å². The lowest BCUT2D eigenvalue weighted by molar-refractivity contribution is -0.506. The molecule has 0 aliphatic heterocycles. The quantitative estimate of drug-likeness (QED) is 0.544. The summed E-state index contributed by atoms with van der Waals surface area (Å²) in [5.74, 6) is 0. The Kier molecular flexibility index (Phi) is 2.76. The van der Waals surface area contributed by atoms with Crippen molar-refractivity contribution in [1.82, 2.24) is 0 Å². The fourth-order valence-corrected chi connectivity index (χ4v) is 0.843. The van der Waals surface area contributed by atoms with E-state index in [9.17, 15) is 10.1 Å². The van der Waals surface area contributed by atoms with Gasteiger partial charge in [-0.25, -0.2) is 0 Å². The number of benzene rings is 1. The summed E-state index contributed by atoms with van der Waals surface area (Å²) >= 11 is 0. The molecule has 0 aromatic heterocycles. The van der Waals surface area contributed by atoms with E-state index in [2.05, 4.69) is 0 Å². The van der Waals surface area contributed by atoms with Crippen LogP contribution < -0.4 is 0 Å². The van der Waals surface area contributed by atoms with Crippen molar-refractivity contribution < 1.29 is 10.0 Å². The molecule has 0 atom stereocenters. The van der Waals surface area contributed by atoms with E-state index >= 15 is 0 Å². The number of aliphatic hydroxyl groups is 1. The largest absolute Gasteiger partial charge is 0.423 e. The Bertz CT molecular complexity index is 260. The van der Waals surface area contributed by atoms with E-state index < -0.39 is 11.2 Å². The molecule has 12 heavy (non-hydrogen) atoms. The Hall–Kier alpha value is -1.42. The molecular weight excluding hydrogens is 158 g/mol. The summed E-state index contributed by atoms with van der Waals surface area (Å²) in [7, 11) is 0. The lowest BCUT2D eigenvalue weighted by atomic mass is 10.1. The average Bonchev–Trinajstić information content (AvgIpc) is 2.06. The molecule has 4 heteroatoms. The Labute approximate surface area is 69.6 Å². The summed E-state index contributed by atoms with van der Waals surface area (Å²) in [5.41, 5.74) is 0.728. The van der Waals surface area contributed by atoms with Crippen LogP contribution in [0, 0.1) is 16.3 Å². The minimum atomic E-state index is -0.785. The topological polar surface area (TPSA) is 63.4 Å². The van der Waals surface area contributed by atoms with Gasteiger partial charge in [0.05, 0.1) is 11.3 Å². The van der Waals surface area contributed by atoms with Crippen LogP contribution in [0.4, 0.5) is 0 Å². The molecule has 0 unspecified atom stereocenters. The number of hydrogen-bond acceptors (Lipinski definition) is 3. The summed E-state index contributed by atoms with van der Waals surface area (Å²) in [5, 5.41) is 18.8. The number of nitro groups is 1. The first-order valence-corrected chi connectivity index (χ1v) is 3.43. The second-order valence-electron chi connectivity index (χ2n) is 2.34. The van der Waals surface area contributed by atoms with E-state index in [1.165, 1.54) is 0 Å². The molecule has 0 aliphatic rings. The van der Waals surface area contributed by atoms with Crippen molar-refractivity contribution in [1.29, 1.82) is 0 Å². The van der Waals surface area contributed by atoms with Crippen LogP contribution in [0.1, 0.15) is 5.56 Å². The van der Waals surface area contributed by atoms with E-state index in [4.69, 9.17) is 5.11 Å². The van der Waals surface area contributed by atoms with E-state index in [1.807, 2.05) is 6.07 Å². The zero-order valence-electron chi connectivity index (χ0n) is 6.30. The van der Waals surface area contributed by atoms with Gasteiger partial charge in [-0.05, 0) is 5.56 Å². The number of nitrogens with zero attached hydrogens (tertiary/aromatic N) is 1. The molecule has 1 rings (SSSR count). The Morgan fingerprint density at radius 1 is 1.42 bits per heavy atom. The van der Waals surface area contributed by atoms with Crippen LogP contribution >= 0.6 is 0 Å². The van der Waals surface area contributed by atoms with E-state index in [1.54, 1.807) is 24.3 Å². The fourth-order valence-electron chi connectivity index (χ4n) is 0.843. The van der Waals surface area contributed by atoms with Crippen LogP contribution in [0.25, 0.3) is 0 Å². The zero-order chi connectivity index (χ0) is 8.97. The van der Waals surface area contributed by atoms with Crippen molar-refractivity contribution >= 4 is 0 Å². The fraction of sp³-hybridized carbons (Fsp3) is 0.125. The molecule has 63 valence electrons. The predicted octanol–water partition coefficient (Wildman–Crippen LogP) is 1.37. The molecule has 0 bridgehead atoms. The molecule has 1 radical (unpaired) electrons. The summed E-state index contributed by atoms with van der Waals surface area (Å²) < 4.78 is 0. The van der Waals surface area contributed by atoms with Crippen LogP contribution in [0.2, 0.25) is 0 Å². The normalized spacial score (nSPS) is 10.2. The third-order valence-corrected chi connectivity index (χ3v) is 1.42. The predicted molar refractivity (Wildman–Crippen MR) is 42.3 cm³/mol. The zero-order valence-corrected chi connectivity index (χ0v) is 6.30. The number of aliphatic hydroxyl groups excluding tert-OH is 1. The van der Waals surface area contributed by atoms with Gasteiger partial charge < -0.3 is 5.11 Å². The molecule has 4 nitrogen and oxygen atoms in total. The van der Waals surface area contributed by atoms with Gasteiger partial charge in [0.15, 0.2) is 0 Å². The molecule has 1 aromatic carbocycles. The van der Waals surface area contributed by atoms with Crippen LogP contribution in [0.5, 0.6) is 0 Å². The van der Waals surface area contributed by atoms with Crippen LogP contribution in [0.3, 0.4) is 0 Å². The third-order valence-electron chi connectivity index (χ3n) is 1.42. The minimum Gasteiger partial charge on any atom is -0.322 e. The van der Waals surface area contributed by atoms with Gasteiger partial charge >= 0.3 is 6.23 Å². The highest BCUT2D eigenvalue weighted by atomic mass is 16.7. The van der Waals surface area contributed by atoms with E-state index in [0.29, 0.717) is 0 Å². The van der Waals surface area contributed by atoms with Gasteiger partial charge in [0, 0.05) is 0 Å². The highest BCUT2D eigenvalue weighted by Gasteiger charge is 2.19. The van der Waals surface area contributed by atoms with E-state index in [0.717, 1.165) is 5.56 Å². The first kappa shape index (κ1) is 8.67. The number of rotatable bonds is 3. The standard InChI is InChI=1S/C8H8NO3/c10-8(9(11)12)6-7-4-2-1-3-5-7/h1-5,10H,6H2. The average molecular weight is 166 g/mol. The molecule has 1 N–H and O–H groups in total. The Morgan fingerprint density at radius 2 is 2.00 bits per heavy atom. The maximum atomic E-state index is 10.0. The van der Waals surface area contributed by atoms with Crippen LogP contribution in [0.15, 0.2) is 30.3 Å². The van der Waals surface area contributed by atoms with Gasteiger partial charge in [-0.1, -0.05) is 30.3 Å². The molecule has 0 spiro atoms. The Morgan fingerprint density at radius 3 is 2.50 bits per heavy atom. The van der Waals surface area contributed by atoms with Gasteiger partial charge in [0.2, 0.25) is 0 Å². The second-order valence-corrected chi connectivity index (χ2v) is 2.34. The second kappa shape index (κ2) is 3.82. The highest BCUT2D eigenvalue weighted by Crippen LogP contribution is 2.07. The summed E-state index contributed by atoms with van der Waals surface area (Å²) in [4.78, 5) is 9.24. The maximum Gasteiger partial charge on any atom is 0.423 e. The monoisotopic (exact) mass is 166 g/mol. The van der Waals surface area contributed by atoms with Crippen molar-refractivity contribution in [3.8, 4) is 0 Å². The van der Waals surface area contributed by atoms with Gasteiger partial charge in [0.1, 0.15) is 0 Å². The first-order valence-electron chi connectivity index (χ1n) is 3.43. The van der Waals surface area contributed by atoms with Gasteiger partial charge in [-0.15, -0.1) is 0 Å². The molecule has 0 saturated carbocycles. The van der Waals surface area contributed by atoms with Crippen molar-refractivity contribution in [2.75, 3.05) is 0 Å². The molecular formula is C8H8NO3. The molecule has 1 aromatic rings. The Balaban J connectivity index is 2.58. The van der Waals surface area contributed by atoms with Gasteiger partial charge in [0.25, 0.3) is 0 Å². The summed E-state index contributed by atoms with van der Waals surface area (Å²) in [6.07, 6.45) is -0.741. The van der Waals surface area contributed by atoms with Crippen molar-refractivity contribution in [2.24, 2.45) is 0 Å². The lowest BCUT2D eigenvalue weighted by Gasteiger charge is -1.98.